The van der Waals surface area contributed by atoms with Gasteiger partial charge < -0.3 is 29.3 Å². The molecule has 1 saturated heterocycles. The number of hydrogen-bond acceptors (Lipinski definition) is 8. The normalized spacial score (nSPS) is 27.9. The standard InChI is InChI=1S/C11H16N5O7P/c1-15-3-14-10-6(9(15)12)13-4-16(10)11-8(18)7(17)5(23-11)2-22-24(19,20)21/h3-5,7-8,11-12,17-18H,2H2,1H3,(H2,19,20,21). The zero-order valence-corrected chi connectivity index (χ0v) is 13.3. The van der Waals surface area contributed by atoms with Gasteiger partial charge in [0.2, 0.25) is 0 Å². The molecule has 132 valence electrons. The molecule has 0 spiro atoms. The van der Waals surface area contributed by atoms with Gasteiger partial charge in [-0.3, -0.25) is 14.5 Å². The van der Waals surface area contributed by atoms with Crippen molar-refractivity contribution in [2.24, 2.45) is 7.05 Å². The quantitative estimate of drug-likeness (QED) is 0.385. The molecule has 0 bridgehead atoms. The van der Waals surface area contributed by atoms with E-state index in [9.17, 15) is 14.8 Å². The third-order valence-corrected chi connectivity index (χ3v) is 4.20. The fraction of sp³-hybridized carbons (Fsp3) is 0.545. The number of rotatable bonds is 4. The molecule has 1 aliphatic heterocycles. The van der Waals surface area contributed by atoms with E-state index < -0.39 is 39.0 Å². The Morgan fingerprint density at radius 1 is 1.33 bits per heavy atom. The number of nitrogens with one attached hydrogen (secondary N) is 1. The van der Waals surface area contributed by atoms with Crippen molar-refractivity contribution in [3.8, 4) is 0 Å². The number of hydrogen-bond donors (Lipinski definition) is 5. The maximum Gasteiger partial charge on any atom is 0.469 e. The lowest BCUT2D eigenvalue weighted by Crippen LogP contribution is -2.33. The first-order chi connectivity index (χ1) is 11.2. The molecule has 5 N–H and O–H groups in total. The van der Waals surface area contributed by atoms with E-state index in [2.05, 4.69) is 14.5 Å². The SMILES string of the molecule is Cn1cnc2c(ncn2C2OC(COP(=O)(O)O)C(O)C2O)c1=N. The van der Waals surface area contributed by atoms with Gasteiger partial charge in [0, 0.05) is 7.05 Å². The lowest BCUT2D eigenvalue weighted by molar-refractivity contribution is -0.0504. The summed E-state index contributed by atoms with van der Waals surface area (Å²) >= 11 is 0. The minimum Gasteiger partial charge on any atom is -0.387 e. The van der Waals surface area contributed by atoms with Crippen molar-refractivity contribution in [3.05, 3.63) is 18.1 Å². The van der Waals surface area contributed by atoms with E-state index >= 15 is 0 Å². The van der Waals surface area contributed by atoms with Gasteiger partial charge in [-0.15, -0.1) is 0 Å². The van der Waals surface area contributed by atoms with Crippen LogP contribution in [0.4, 0.5) is 0 Å². The lowest BCUT2D eigenvalue weighted by atomic mass is 10.1. The molecule has 2 aromatic rings. The Hall–Kier alpha value is -1.66. The van der Waals surface area contributed by atoms with Gasteiger partial charge in [-0.2, -0.15) is 0 Å². The van der Waals surface area contributed by atoms with Crippen molar-refractivity contribution >= 4 is 19.0 Å². The molecule has 24 heavy (non-hydrogen) atoms. The fourth-order valence-corrected chi connectivity index (χ4v) is 2.81. The summed E-state index contributed by atoms with van der Waals surface area (Å²) in [6.07, 6.45) is -2.34. The van der Waals surface area contributed by atoms with E-state index in [4.69, 9.17) is 19.9 Å². The highest BCUT2D eigenvalue weighted by Gasteiger charge is 2.45. The smallest absolute Gasteiger partial charge is 0.387 e. The van der Waals surface area contributed by atoms with Crippen molar-refractivity contribution in [1.29, 1.82) is 5.41 Å². The second-order valence-electron chi connectivity index (χ2n) is 5.36. The molecule has 0 saturated carbocycles. The van der Waals surface area contributed by atoms with Crippen LogP contribution in [0.5, 0.6) is 0 Å². The Bertz CT molecular complexity index is 860. The number of ether oxygens (including phenoxy) is 1. The van der Waals surface area contributed by atoms with Crippen molar-refractivity contribution in [1.82, 2.24) is 19.1 Å². The summed E-state index contributed by atoms with van der Waals surface area (Å²) in [5.41, 5.74) is 0.652. The lowest BCUT2D eigenvalue weighted by Gasteiger charge is -2.16. The van der Waals surface area contributed by atoms with E-state index in [0.29, 0.717) is 0 Å². The van der Waals surface area contributed by atoms with E-state index in [1.165, 1.54) is 21.8 Å². The number of phosphoric acid groups is 1. The van der Waals surface area contributed by atoms with Crippen LogP contribution in [0.2, 0.25) is 0 Å². The van der Waals surface area contributed by atoms with Gasteiger partial charge in [0.1, 0.15) is 23.8 Å². The number of aryl methyl sites for hydroxylation is 1. The first-order valence-electron chi connectivity index (χ1n) is 6.83. The summed E-state index contributed by atoms with van der Waals surface area (Å²) in [4.78, 5) is 25.6. The van der Waals surface area contributed by atoms with Crippen LogP contribution in [0.25, 0.3) is 11.2 Å². The molecule has 1 aliphatic rings. The largest absolute Gasteiger partial charge is 0.469 e. The molecule has 12 nitrogen and oxygen atoms in total. The summed E-state index contributed by atoms with van der Waals surface area (Å²) in [5, 5.41) is 28.1. The third-order valence-electron chi connectivity index (χ3n) is 3.72. The Labute approximate surface area is 134 Å². The Kier molecular flexibility index (Phi) is 4.30. The topological polar surface area (TPSA) is 176 Å². The summed E-state index contributed by atoms with van der Waals surface area (Å²) in [6.45, 7) is -0.599. The van der Waals surface area contributed by atoms with E-state index in [-0.39, 0.29) is 16.7 Å². The number of imidazole rings is 1. The maximum atomic E-state index is 10.8. The number of fused-ring (bicyclic) bond motifs is 1. The van der Waals surface area contributed by atoms with Crippen molar-refractivity contribution < 1.29 is 33.8 Å². The Balaban J connectivity index is 1.89. The first kappa shape index (κ1) is 17.2. The molecular formula is C11H16N5O7P. The minimum absolute atomic E-state index is 0.105. The molecule has 13 heteroatoms. The van der Waals surface area contributed by atoms with Crippen LogP contribution in [-0.2, 0) is 20.9 Å². The van der Waals surface area contributed by atoms with Gasteiger partial charge in [-0.1, -0.05) is 0 Å². The predicted octanol–water partition coefficient (Wildman–Crippen LogP) is -2.02. The number of aliphatic hydroxyl groups excluding tert-OH is 2. The summed E-state index contributed by atoms with van der Waals surface area (Å²) in [7, 11) is -3.09. The van der Waals surface area contributed by atoms with Crippen LogP contribution in [0.15, 0.2) is 12.7 Å². The van der Waals surface area contributed by atoms with Crippen LogP contribution in [-0.4, -0.2) is 64.0 Å². The van der Waals surface area contributed by atoms with Crippen LogP contribution in [0.1, 0.15) is 6.23 Å². The van der Waals surface area contributed by atoms with Crippen LogP contribution in [0.3, 0.4) is 0 Å². The monoisotopic (exact) mass is 361 g/mol. The summed E-state index contributed by atoms with van der Waals surface area (Å²) in [5.74, 6) is 0. The van der Waals surface area contributed by atoms with Gasteiger partial charge in [-0.25, -0.2) is 14.5 Å². The molecule has 3 heterocycles. The Morgan fingerprint density at radius 2 is 2.04 bits per heavy atom. The predicted molar refractivity (Wildman–Crippen MR) is 76.3 cm³/mol. The van der Waals surface area contributed by atoms with Gasteiger partial charge in [0.05, 0.1) is 19.3 Å². The summed E-state index contributed by atoms with van der Waals surface area (Å²) in [6, 6.07) is 0. The zero-order chi connectivity index (χ0) is 17.6. The average molecular weight is 361 g/mol. The van der Waals surface area contributed by atoms with Gasteiger partial charge >= 0.3 is 7.82 Å². The fourth-order valence-electron chi connectivity index (χ4n) is 2.47. The number of nitrogens with zero attached hydrogens (tertiary/aromatic N) is 4. The Morgan fingerprint density at radius 3 is 2.71 bits per heavy atom. The number of aliphatic hydroxyl groups is 2. The molecule has 2 aromatic heterocycles. The molecule has 0 aliphatic carbocycles. The highest BCUT2D eigenvalue weighted by atomic mass is 31.2. The van der Waals surface area contributed by atoms with E-state index in [0.717, 1.165) is 0 Å². The molecule has 4 unspecified atom stereocenters. The number of phosphoric ester groups is 1. The van der Waals surface area contributed by atoms with Crippen molar-refractivity contribution in [2.75, 3.05) is 6.61 Å². The van der Waals surface area contributed by atoms with Crippen LogP contribution in [0, 0.1) is 5.41 Å². The molecule has 1 fully saturated rings. The third kappa shape index (κ3) is 3.00. The molecule has 3 rings (SSSR count). The van der Waals surface area contributed by atoms with Crippen LogP contribution >= 0.6 is 7.82 Å². The summed E-state index contributed by atoms with van der Waals surface area (Å²) < 4.78 is 23.3. The second kappa shape index (κ2) is 6.01. The van der Waals surface area contributed by atoms with Gasteiger partial charge in [0.25, 0.3) is 0 Å². The molecule has 4 atom stereocenters. The maximum absolute atomic E-state index is 10.8. The van der Waals surface area contributed by atoms with Gasteiger partial charge in [0.15, 0.2) is 17.4 Å². The molecular weight excluding hydrogens is 345 g/mol. The minimum atomic E-state index is -4.73. The van der Waals surface area contributed by atoms with E-state index in [1.807, 2.05) is 0 Å². The van der Waals surface area contributed by atoms with E-state index in [1.54, 1.807) is 7.05 Å². The highest BCUT2D eigenvalue weighted by molar-refractivity contribution is 7.46. The van der Waals surface area contributed by atoms with Crippen LogP contribution < -0.4 is 5.49 Å². The highest BCUT2D eigenvalue weighted by Crippen LogP contribution is 2.38. The van der Waals surface area contributed by atoms with Crippen molar-refractivity contribution in [3.63, 3.8) is 0 Å². The molecule has 0 radical (unpaired) electrons. The second-order valence-corrected chi connectivity index (χ2v) is 6.60. The number of aromatic nitrogens is 4. The molecule has 0 amide bonds. The zero-order valence-electron chi connectivity index (χ0n) is 12.4. The molecule has 0 aromatic carbocycles. The average Bonchev–Trinajstić information content (AvgIpc) is 3.04. The first-order valence-corrected chi connectivity index (χ1v) is 8.36. The van der Waals surface area contributed by atoms with Gasteiger partial charge in [-0.05, 0) is 0 Å². The van der Waals surface area contributed by atoms with Crippen molar-refractivity contribution in [2.45, 2.75) is 24.5 Å².